The van der Waals surface area contributed by atoms with Crippen LogP contribution in [0.1, 0.15) is 23.3 Å². The molecule has 5 N–H and O–H groups in total. The first-order valence-corrected chi connectivity index (χ1v) is 12.1. The molecule has 0 radical (unpaired) electrons. The van der Waals surface area contributed by atoms with E-state index in [1.807, 2.05) is 12.1 Å². The van der Waals surface area contributed by atoms with Crippen LogP contribution in [0.4, 0.5) is 0 Å². The lowest BCUT2D eigenvalue weighted by atomic mass is 9.85. The smallest absolute Gasteiger partial charge is 0.229 e. The number of hydrogen-bond donors (Lipinski definition) is 5. The third kappa shape index (κ3) is 4.72. The molecule has 11 nitrogen and oxygen atoms in total. The second kappa shape index (κ2) is 10.6. The summed E-state index contributed by atoms with van der Waals surface area (Å²) < 4.78 is 34.3. The van der Waals surface area contributed by atoms with Gasteiger partial charge in [-0.25, -0.2) is 0 Å². The van der Waals surface area contributed by atoms with E-state index in [-0.39, 0.29) is 35.5 Å². The lowest BCUT2D eigenvalue weighted by molar-refractivity contribution is -0.277. The van der Waals surface area contributed by atoms with E-state index in [0.29, 0.717) is 24.7 Å². The van der Waals surface area contributed by atoms with Crippen LogP contribution in [-0.4, -0.2) is 90.3 Å². The Labute approximate surface area is 213 Å². The van der Waals surface area contributed by atoms with Crippen LogP contribution in [0.15, 0.2) is 36.4 Å². The minimum atomic E-state index is -1.55. The fraction of sp³-hybridized carbons (Fsp3) is 0.538. The number of benzene rings is 2. The van der Waals surface area contributed by atoms with Crippen LogP contribution >= 0.6 is 0 Å². The van der Waals surface area contributed by atoms with Crippen LogP contribution in [0.2, 0.25) is 0 Å². The van der Waals surface area contributed by atoms with Crippen molar-refractivity contribution in [3.63, 3.8) is 0 Å². The third-order valence-corrected chi connectivity index (χ3v) is 7.40. The van der Waals surface area contributed by atoms with Gasteiger partial charge in [0.05, 0.1) is 46.2 Å². The molecule has 0 aromatic heterocycles. The van der Waals surface area contributed by atoms with Crippen LogP contribution in [0.5, 0.6) is 23.0 Å². The Balaban J connectivity index is 1.32. The predicted molar refractivity (Wildman–Crippen MR) is 126 cm³/mol. The summed E-state index contributed by atoms with van der Waals surface area (Å²) in [5, 5.41) is 49.7. The van der Waals surface area contributed by atoms with Gasteiger partial charge in [0.15, 0.2) is 23.0 Å². The molecular weight excluding hydrogens is 488 g/mol. The van der Waals surface area contributed by atoms with Gasteiger partial charge in [0.1, 0.15) is 24.4 Å². The Morgan fingerprint density at radius 2 is 1.38 bits per heavy atom. The molecule has 2 aromatic rings. The summed E-state index contributed by atoms with van der Waals surface area (Å²) in [6, 6.07) is 10.5. The molecule has 0 saturated carbocycles. The summed E-state index contributed by atoms with van der Waals surface area (Å²) in [4.78, 5) is 0. The normalized spacial score (nSPS) is 35.2. The molecule has 3 aliphatic rings. The van der Waals surface area contributed by atoms with Crippen molar-refractivity contribution in [1.82, 2.24) is 0 Å². The van der Waals surface area contributed by atoms with Crippen molar-refractivity contribution in [3.8, 4) is 23.0 Å². The number of hydrogen-bond acceptors (Lipinski definition) is 11. The van der Waals surface area contributed by atoms with Gasteiger partial charge in [-0.3, -0.25) is 0 Å². The standard InChI is InChI=1S/C26H32O11/c1-32-18-7-12(3-5-16(18)28)24-14-10-35-25(15(14)11-34-24)13-4-6-17(19(8-13)33-2)36-26-23(31)22(30)21(29)20(9-27)37-26/h3-8,14-15,20-31H,9-11H2,1-2H3/t14-,15-,20+,21-,22-,23-,24-,25-,26-/m1/s1. The number of aliphatic hydroxyl groups excluding tert-OH is 4. The minimum Gasteiger partial charge on any atom is -0.504 e. The molecule has 0 amide bonds. The number of rotatable bonds is 7. The van der Waals surface area contributed by atoms with Crippen LogP contribution < -0.4 is 14.2 Å². The van der Waals surface area contributed by atoms with Gasteiger partial charge >= 0.3 is 0 Å². The van der Waals surface area contributed by atoms with Crippen molar-refractivity contribution in [2.45, 2.75) is 42.9 Å². The number of fused-ring (bicyclic) bond motifs is 1. The number of aliphatic hydroxyl groups is 4. The summed E-state index contributed by atoms with van der Waals surface area (Å²) >= 11 is 0. The molecule has 0 bridgehead atoms. The summed E-state index contributed by atoms with van der Waals surface area (Å²) in [6.07, 6.45) is -7.41. The van der Waals surface area contributed by atoms with Crippen molar-refractivity contribution < 1.29 is 54.0 Å². The molecule has 11 heteroatoms. The van der Waals surface area contributed by atoms with E-state index in [9.17, 15) is 25.5 Å². The highest BCUT2D eigenvalue weighted by Gasteiger charge is 2.49. The van der Waals surface area contributed by atoms with E-state index in [0.717, 1.165) is 11.1 Å². The van der Waals surface area contributed by atoms with Crippen molar-refractivity contribution in [1.29, 1.82) is 0 Å². The van der Waals surface area contributed by atoms with E-state index in [4.69, 9.17) is 28.4 Å². The Morgan fingerprint density at radius 1 is 0.784 bits per heavy atom. The number of methoxy groups -OCH3 is 2. The van der Waals surface area contributed by atoms with Crippen LogP contribution in [0.3, 0.4) is 0 Å². The van der Waals surface area contributed by atoms with Crippen molar-refractivity contribution in [3.05, 3.63) is 47.5 Å². The molecule has 3 heterocycles. The Hall–Kier alpha value is -2.64. The van der Waals surface area contributed by atoms with Gasteiger partial charge in [-0.1, -0.05) is 12.1 Å². The molecule has 202 valence electrons. The summed E-state index contributed by atoms with van der Waals surface area (Å²) in [6.45, 7) is 0.436. The fourth-order valence-corrected chi connectivity index (χ4v) is 5.35. The first kappa shape index (κ1) is 26.0. The van der Waals surface area contributed by atoms with Gasteiger partial charge in [-0.2, -0.15) is 0 Å². The zero-order chi connectivity index (χ0) is 26.3. The van der Waals surface area contributed by atoms with Crippen molar-refractivity contribution >= 4 is 0 Å². The van der Waals surface area contributed by atoms with Gasteiger partial charge < -0.3 is 54.0 Å². The first-order chi connectivity index (χ1) is 17.9. The van der Waals surface area contributed by atoms with E-state index in [1.165, 1.54) is 14.2 Å². The van der Waals surface area contributed by atoms with Gasteiger partial charge in [0, 0.05) is 11.8 Å². The topological polar surface area (TPSA) is 157 Å². The molecule has 3 saturated heterocycles. The molecular formula is C26H32O11. The zero-order valence-electron chi connectivity index (χ0n) is 20.5. The summed E-state index contributed by atoms with van der Waals surface area (Å²) in [5.74, 6) is 1.27. The molecule has 0 aliphatic carbocycles. The van der Waals surface area contributed by atoms with E-state index in [2.05, 4.69) is 0 Å². The minimum absolute atomic E-state index is 0.0689. The van der Waals surface area contributed by atoms with Crippen LogP contribution in [0.25, 0.3) is 0 Å². The lowest BCUT2D eigenvalue weighted by Crippen LogP contribution is -2.60. The van der Waals surface area contributed by atoms with Crippen molar-refractivity contribution in [2.24, 2.45) is 11.8 Å². The van der Waals surface area contributed by atoms with Gasteiger partial charge in [-0.15, -0.1) is 0 Å². The maximum Gasteiger partial charge on any atom is 0.229 e. The second-order valence-electron chi connectivity index (χ2n) is 9.49. The molecule has 37 heavy (non-hydrogen) atoms. The molecule has 9 atom stereocenters. The number of ether oxygens (including phenoxy) is 6. The van der Waals surface area contributed by atoms with Crippen molar-refractivity contribution in [2.75, 3.05) is 34.0 Å². The Bertz CT molecular complexity index is 1090. The number of phenolic OH excluding ortho intramolecular Hbond substituents is 1. The quantitative estimate of drug-likeness (QED) is 0.349. The number of aromatic hydroxyl groups is 1. The second-order valence-corrected chi connectivity index (χ2v) is 9.49. The Kier molecular flexibility index (Phi) is 7.46. The monoisotopic (exact) mass is 520 g/mol. The van der Waals surface area contributed by atoms with Gasteiger partial charge in [0.2, 0.25) is 6.29 Å². The molecule has 3 fully saturated rings. The van der Waals surface area contributed by atoms with Gasteiger partial charge in [-0.05, 0) is 35.4 Å². The fourth-order valence-electron chi connectivity index (χ4n) is 5.35. The molecule has 3 aliphatic heterocycles. The molecule has 2 aromatic carbocycles. The first-order valence-electron chi connectivity index (χ1n) is 12.1. The van der Waals surface area contributed by atoms with E-state index in [1.54, 1.807) is 24.3 Å². The molecule has 0 spiro atoms. The average Bonchev–Trinajstić information content (AvgIpc) is 3.52. The maximum atomic E-state index is 10.3. The maximum absolute atomic E-state index is 10.3. The van der Waals surface area contributed by atoms with Crippen LogP contribution in [-0.2, 0) is 14.2 Å². The highest BCUT2D eigenvalue weighted by molar-refractivity contribution is 5.45. The van der Waals surface area contributed by atoms with E-state index >= 15 is 0 Å². The van der Waals surface area contributed by atoms with Crippen LogP contribution in [0, 0.1) is 11.8 Å². The lowest BCUT2D eigenvalue weighted by Gasteiger charge is -2.39. The largest absolute Gasteiger partial charge is 0.504 e. The highest BCUT2D eigenvalue weighted by Crippen LogP contribution is 2.51. The SMILES string of the molecule is COc1cc([C@H]2OC[C@@H]3[C@H]2CO[C@@H]3c2ccc(O[C@@H]3O[C@@H](CO)[C@@H](O)[C@@H](O)[C@H]3O)c(OC)c2)ccc1O. The van der Waals surface area contributed by atoms with E-state index < -0.39 is 37.3 Å². The Morgan fingerprint density at radius 3 is 1.97 bits per heavy atom. The number of phenols is 1. The molecule has 0 unspecified atom stereocenters. The third-order valence-electron chi connectivity index (χ3n) is 7.40. The van der Waals surface area contributed by atoms with Gasteiger partial charge in [0.25, 0.3) is 0 Å². The molecule has 5 rings (SSSR count). The highest BCUT2D eigenvalue weighted by atomic mass is 16.7. The zero-order valence-corrected chi connectivity index (χ0v) is 20.5. The average molecular weight is 521 g/mol. The predicted octanol–water partition coefficient (Wildman–Crippen LogP) is 0.663. The summed E-state index contributed by atoms with van der Waals surface area (Å²) in [7, 11) is 2.98. The summed E-state index contributed by atoms with van der Waals surface area (Å²) in [5.41, 5.74) is 1.77.